The fourth-order valence-electron chi connectivity index (χ4n) is 3.49. The molecule has 136 valence electrons. The third kappa shape index (κ3) is 3.74. The van der Waals surface area contributed by atoms with E-state index in [1.165, 1.54) is 16.8 Å². The summed E-state index contributed by atoms with van der Waals surface area (Å²) in [6, 6.07) is 18.2. The predicted molar refractivity (Wildman–Crippen MR) is 114 cm³/mol. The Labute approximate surface area is 164 Å². The molecule has 1 saturated heterocycles. The topological polar surface area (TPSA) is 54.3 Å². The van der Waals surface area contributed by atoms with Gasteiger partial charge in [-0.2, -0.15) is 5.26 Å². The standard InChI is InChI=1S/C21H21N5S/c22-13-16-5-7-18(8-6-16)25-9-11-26(12-10-25)21(27)24-15-17-14-23-20-4-2-1-3-19(17)20/h1-8,15,23H,9-12,14H2,(H,24,27)/b17-15-. The van der Waals surface area contributed by atoms with Gasteiger partial charge >= 0.3 is 0 Å². The second-order valence-corrected chi connectivity index (χ2v) is 7.04. The minimum atomic E-state index is 0.693. The van der Waals surface area contributed by atoms with Crippen LogP contribution >= 0.6 is 12.2 Å². The van der Waals surface area contributed by atoms with Crippen LogP contribution in [-0.2, 0) is 0 Å². The lowest BCUT2D eigenvalue weighted by molar-refractivity contribution is 0.384. The van der Waals surface area contributed by atoms with E-state index in [2.05, 4.69) is 44.7 Å². The number of benzene rings is 2. The van der Waals surface area contributed by atoms with E-state index in [0.29, 0.717) is 5.56 Å². The molecule has 0 radical (unpaired) electrons. The van der Waals surface area contributed by atoms with Crippen LogP contribution in [0, 0.1) is 11.3 Å². The molecule has 4 rings (SSSR count). The molecule has 0 spiro atoms. The largest absolute Gasteiger partial charge is 0.380 e. The van der Waals surface area contributed by atoms with Crippen molar-refractivity contribution in [1.29, 1.82) is 5.26 Å². The number of piperazine rings is 1. The quantitative estimate of drug-likeness (QED) is 0.787. The van der Waals surface area contributed by atoms with Crippen molar-refractivity contribution in [3.05, 3.63) is 65.9 Å². The molecule has 0 atom stereocenters. The number of anilines is 2. The molecule has 2 aromatic carbocycles. The zero-order valence-electron chi connectivity index (χ0n) is 15.0. The Morgan fingerprint density at radius 3 is 2.56 bits per heavy atom. The first-order chi connectivity index (χ1) is 13.2. The second-order valence-electron chi connectivity index (χ2n) is 6.65. The van der Waals surface area contributed by atoms with Gasteiger partial charge in [-0.05, 0) is 48.1 Å². The van der Waals surface area contributed by atoms with Crippen molar-refractivity contribution in [2.45, 2.75) is 0 Å². The number of hydrogen-bond donors (Lipinski definition) is 2. The molecule has 1 fully saturated rings. The second kappa shape index (κ2) is 7.68. The molecule has 27 heavy (non-hydrogen) atoms. The van der Waals surface area contributed by atoms with Crippen molar-refractivity contribution in [2.75, 3.05) is 42.9 Å². The van der Waals surface area contributed by atoms with Gasteiger partial charge in [0.2, 0.25) is 0 Å². The van der Waals surface area contributed by atoms with E-state index in [0.717, 1.165) is 43.5 Å². The van der Waals surface area contributed by atoms with Crippen LogP contribution in [-0.4, -0.2) is 42.7 Å². The van der Waals surface area contributed by atoms with Gasteiger partial charge in [0, 0.05) is 55.9 Å². The Morgan fingerprint density at radius 1 is 1.07 bits per heavy atom. The molecular weight excluding hydrogens is 354 g/mol. The lowest BCUT2D eigenvalue weighted by atomic mass is 10.1. The van der Waals surface area contributed by atoms with Crippen LogP contribution in [0.2, 0.25) is 0 Å². The first-order valence-corrected chi connectivity index (χ1v) is 9.48. The van der Waals surface area contributed by atoms with Crippen molar-refractivity contribution in [3.63, 3.8) is 0 Å². The van der Waals surface area contributed by atoms with Gasteiger partial charge in [-0.15, -0.1) is 0 Å². The van der Waals surface area contributed by atoms with Crippen LogP contribution in [0.4, 0.5) is 11.4 Å². The Bertz CT molecular complexity index is 905. The summed E-state index contributed by atoms with van der Waals surface area (Å²) in [5.41, 5.74) is 5.48. The van der Waals surface area contributed by atoms with E-state index in [1.54, 1.807) is 0 Å². The van der Waals surface area contributed by atoms with Gasteiger partial charge in [0.1, 0.15) is 0 Å². The lowest BCUT2D eigenvalue weighted by Gasteiger charge is -2.37. The fourth-order valence-corrected chi connectivity index (χ4v) is 3.73. The summed E-state index contributed by atoms with van der Waals surface area (Å²) in [6.45, 7) is 4.40. The number of para-hydroxylation sites is 1. The average Bonchev–Trinajstić information content (AvgIpc) is 3.15. The molecule has 5 nitrogen and oxygen atoms in total. The van der Waals surface area contributed by atoms with E-state index in [4.69, 9.17) is 17.5 Å². The summed E-state index contributed by atoms with van der Waals surface area (Å²) in [5.74, 6) is 0. The maximum absolute atomic E-state index is 8.92. The molecule has 0 amide bonds. The SMILES string of the molecule is N#Cc1ccc(N2CCN(C(=S)N/C=C3/CNc4ccccc43)CC2)cc1. The molecule has 0 aliphatic carbocycles. The molecule has 0 unspecified atom stereocenters. The van der Waals surface area contributed by atoms with E-state index in [9.17, 15) is 0 Å². The van der Waals surface area contributed by atoms with Crippen molar-refractivity contribution < 1.29 is 0 Å². The first kappa shape index (κ1) is 17.4. The van der Waals surface area contributed by atoms with Gasteiger partial charge in [-0.1, -0.05) is 18.2 Å². The average molecular weight is 376 g/mol. The minimum absolute atomic E-state index is 0.693. The van der Waals surface area contributed by atoms with Crippen LogP contribution < -0.4 is 15.5 Å². The number of rotatable bonds is 2. The molecule has 0 saturated carbocycles. The Kier molecular flexibility index (Phi) is 4.95. The lowest BCUT2D eigenvalue weighted by Crippen LogP contribution is -2.51. The van der Waals surface area contributed by atoms with Gasteiger partial charge < -0.3 is 20.4 Å². The smallest absolute Gasteiger partial charge is 0.173 e. The van der Waals surface area contributed by atoms with Crippen LogP contribution in [0.5, 0.6) is 0 Å². The highest BCUT2D eigenvalue weighted by Crippen LogP contribution is 2.29. The van der Waals surface area contributed by atoms with E-state index >= 15 is 0 Å². The van der Waals surface area contributed by atoms with E-state index in [-0.39, 0.29) is 0 Å². The van der Waals surface area contributed by atoms with Crippen LogP contribution in [0.25, 0.3) is 5.57 Å². The first-order valence-electron chi connectivity index (χ1n) is 9.07. The van der Waals surface area contributed by atoms with Crippen molar-refractivity contribution in [1.82, 2.24) is 10.2 Å². The van der Waals surface area contributed by atoms with Gasteiger partial charge in [-0.25, -0.2) is 0 Å². The van der Waals surface area contributed by atoms with E-state index in [1.807, 2.05) is 36.5 Å². The number of nitrogens with zero attached hydrogens (tertiary/aromatic N) is 3. The van der Waals surface area contributed by atoms with Crippen molar-refractivity contribution >= 4 is 34.3 Å². The fraction of sp³-hybridized carbons (Fsp3) is 0.238. The zero-order chi connectivity index (χ0) is 18.6. The van der Waals surface area contributed by atoms with Gasteiger partial charge in [0.15, 0.2) is 5.11 Å². The summed E-state index contributed by atoms with van der Waals surface area (Å²) in [4.78, 5) is 4.54. The molecule has 6 heteroatoms. The normalized spacial score (nSPS) is 17.2. The molecule has 2 aliphatic heterocycles. The third-order valence-corrected chi connectivity index (χ3v) is 5.42. The summed E-state index contributed by atoms with van der Waals surface area (Å²) < 4.78 is 0. The highest BCUT2D eigenvalue weighted by Gasteiger charge is 2.19. The monoisotopic (exact) mass is 375 g/mol. The molecule has 0 bridgehead atoms. The molecule has 2 aliphatic rings. The summed E-state index contributed by atoms with van der Waals surface area (Å²) >= 11 is 5.59. The van der Waals surface area contributed by atoms with Gasteiger partial charge in [-0.3, -0.25) is 0 Å². The third-order valence-electron chi connectivity index (χ3n) is 5.04. The molecule has 2 heterocycles. The Balaban J connectivity index is 1.32. The molecule has 2 aromatic rings. The minimum Gasteiger partial charge on any atom is -0.380 e. The number of thiocarbonyl (C=S) groups is 1. The van der Waals surface area contributed by atoms with Crippen molar-refractivity contribution in [3.8, 4) is 6.07 Å². The number of nitrogens with one attached hydrogen (secondary N) is 2. The summed E-state index contributed by atoms with van der Waals surface area (Å²) in [5, 5.41) is 16.4. The van der Waals surface area contributed by atoms with Crippen molar-refractivity contribution in [2.24, 2.45) is 0 Å². The molecule has 0 aromatic heterocycles. The maximum Gasteiger partial charge on any atom is 0.173 e. The highest BCUT2D eigenvalue weighted by molar-refractivity contribution is 7.80. The predicted octanol–water partition coefficient (Wildman–Crippen LogP) is 3.02. The highest BCUT2D eigenvalue weighted by atomic mass is 32.1. The summed E-state index contributed by atoms with van der Waals surface area (Å²) in [7, 11) is 0. The zero-order valence-corrected chi connectivity index (χ0v) is 15.8. The molecule has 2 N–H and O–H groups in total. The van der Waals surface area contributed by atoms with Crippen LogP contribution in [0.3, 0.4) is 0 Å². The van der Waals surface area contributed by atoms with Gasteiger partial charge in [0.05, 0.1) is 11.6 Å². The Hall–Kier alpha value is -3.04. The van der Waals surface area contributed by atoms with Crippen LogP contribution in [0.15, 0.2) is 54.7 Å². The Morgan fingerprint density at radius 2 is 1.81 bits per heavy atom. The summed E-state index contributed by atoms with van der Waals surface area (Å²) in [6.07, 6.45) is 2.02. The maximum atomic E-state index is 8.92. The number of nitriles is 1. The van der Waals surface area contributed by atoms with Crippen LogP contribution in [0.1, 0.15) is 11.1 Å². The molecular formula is C21H21N5S. The van der Waals surface area contributed by atoms with Gasteiger partial charge in [0.25, 0.3) is 0 Å². The van der Waals surface area contributed by atoms with E-state index < -0.39 is 0 Å². The number of hydrogen-bond acceptors (Lipinski definition) is 4. The number of fused-ring (bicyclic) bond motifs is 1.